The number of thiazole rings is 1. The van der Waals surface area contributed by atoms with Gasteiger partial charge in [0.1, 0.15) is 5.01 Å². The largest absolute Gasteiger partial charge is 0.389 e. The first kappa shape index (κ1) is 14.6. The van der Waals surface area contributed by atoms with Gasteiger partial charge in [0.15, 0.2) is 0 Å². The van der Waals surface area contributed by atoms with Gasteiger partial charge in [0.25, 0.3) is 0 Å². The zero-order valence-corrected chi connectivity index (χ0v) is 11.9. The van der Waals surface area contributed by atoms with Crippen molar-refractivity contribution in [3.8, 4) is 0 Å². The summed E-state index contributed by atoms with van der Waals surface area (Å²) in [6.07, 6.45) is 3.78. The van der Waals surface area contributed by atoms with E-state index in [1.165, 1.54) is 0 Å². The highest BCUT2D eigenvalue weighted by atomic mass is 32.1. The number of rotatable bonds is 8. The van der Waals surface area contributed by atoms with Crippen LogP contribution in [0.15, 0.2) is 5.38 Å². The van der Waals surface area contributed by atoms with Gasteiger partial charge in [-0.2, -0.15) is 0 Å². The van der Waals surface area contributed by atoms with E-state index in [4.69, 9.17) is 0 Å². The van der Waals surface area contributed by atoms with Crippen molar-refractivity contribution in [3.05, 3.63) is 16.1 Å². The molecule has 1 heterocycles. The summed E-state index contributed by atoms with van der Waals surface area (Å²) in [6, 6.07) is 0. The van der Waals surface area contributed by atoms with Gasteiger partial charge in [-0.25, -0.2) is 4.98 Å². The number of aryl methyl sites for hydroxylation is 1. The second-order valence-corrected chi connectivity index (χ2v) is 5.65. The molecular weight excluding hydrogens is 232 g/mol. The van der Waals surface area contributed by atoms with Gasteiger partial charge in [0, 0.05) is 24.2 Å². The minimum absolute atomic E-state index is 0.546. The fraction of sp³-hybridized carbons (Fsp3) is 0.769. The molecule has 1 aromatic rings. The molecule has 0 amide bonds. The standard InChI is InChI=1S/C13H24N2OS/c1-4-6-13(16,7-5-2)10-14-8-12-15-11(3)9-17-12/h9,14,16H,4-8,10H2,1-3H3. The van der Waals surface area contributed by atoms with Crippen LogP contribution in [-0.4, -0.2) is 22.2 Å². The SMILES string of the molecule is CCCC(O)(CCC)CNCc1nc(C)cs1. The molecule has 17 heavy (non-hydrogen) atoms. The van der Waals surface area contributed by atoms with Crippen molar-refractivity contribution in [1.82, 2.24) is 10.3 Å². The number of hydrogen-bond acceptors (Lipinski definition) is 4. The molecule has 3 nitrogen and oxygen atoms in total. The Morgan fingerprint density at radius 3 is 2.47 bits per heavy atom. The van der Waals surface area contributed by atoms with Crippen LogP contribution >= 0.6 is 11.3 Å². The summed E-state index contributed by atoms with van der Waals surface area (Å²) >= 11 is 1.67. The molecule has 0 aliphatic heterocycles. The first-order chi connectivity index (χ1) is 8.09. The molecule has 0 fully saturated rings. The Hall–Kier alpha value is -0.450. The zero-order chi connectivity index (χ0) is 12.7. The highest BCUT2D eigenvalue weighted by Gasteiger charge is 2.24. The van der Waals surface area contributed by atoms with Gasteiger partial charge >= 0.3 is 0 Å². The number of aliphatic hydroxyl groups is 1. The topological polar surface area (TPSA) is 45.1 Å². The van der Waals surface area contributed by atoms with Crippen molar-refractivity contribution < 1.29 is 5.11 Å². The first-order valence-electron chi connectivity index (χ1n) is 6.43. The Balaban J connectivity index is 2.36. The number of aromatic nitrogens is 1. The molecule has 0 unspecified atom stereocenters. The minimum Gasteiger partial charge on any atom is -0.389 e. The van der Waals surface area contributed by atoms with Crippen molar-refractivity contribution in [1.29, 1.82) is 0 Å². The smallest absolute Gasteiger partial charge is 0.107 e. The summed E-state index contributed by atoms with van der Waals surface area (Å²) in [6.45, 7) is 7.65. The van der Waals surface area contributed by atoms with E-state index < -0.39 is 5.60 Å². The molecule has 0 saturated carbocycles. The Morgan fingerprint density at radius 1 is 1.35 bits per heavy atom. The van der Waals surface area contributed by atoms with E-state index in [1.807, 2.05) is 6.92 Å². The maximum Gasteiger partial charge on any atom is 0.107 e. The van der Waals surface area contributed by atoms with E-state index in [0.29, 0.717) is 6.54 Å². The molecule has 0 aromatic carbocycles. The van der Waals surface area contributed by atoms with Gasteiger partial charge in [-0.1, -0.05) is 26.7 Å². The van der Waals surface area contributed by atoms with Gasteiger partial charge in [-0.05, 0) is 19.8 Å². The first-order valence-corrected chi connectivity index (χ1v) is 7.31. The summed E-state index contributed by atoms with van der Waals surface area (Å²) in [5.74, 6) is 0. The Labute approximate surface area is 108 Å². The molecule has 0 aliphatic carbocycles. The molecule has 4 heteroatoms. The Kier molecular flexibility index (Phi) is 6.09. The normalized spacial score (nSPS) is 12.0. The molecule has 0 aliphatic rings. The molecule has 0 saturated heterocycles. The summed E-state index contributed by atoms with van der Waals surface area (Å²) in [4.78, 5) is 4.40. The third-order valence-corrected chi connectivity index (χ3v) is 3.79. The van der Waals surface area contributed by atoms with Crippen molar-refractivity contribution in [2.24, 2.45) is 0 Å². The maximum absolute atomic E-state index is 10.4. The molecule has 1 aromatic heterocycles. The average molecular weight is 256 g/mol. The summed E-state index contributed by atoms with van der Waals surface area (Å²) < 4.78 is 0. The van der Waals surface area contributed by atoms with Gasteiger partial charge in [-0.15, -0.1) is 11.3 Å². The lowest BCUT2D eigenvalue weighted by molar-refractivity contribution is 0.0215. The van der Waals surface area contributed by atoms with E-state index in [-0.39, 0.29) is 0 Å². The molecule has 0 radical (unpaired) electrons. The van der Waals surface area contributed by atoms with Crippen LogP contribution < -0.4 is 5.32 Å². The second-order valence-electron chi connectivity index (χ2n) is 4.71. The lowest BCUT2D eigenvalue weighted by Crippen LogP contribution is -2.40. The highest BCUT2D eigenvalue weighted by molar-refractivity contribution is 7.09. The summed E-state index contributed by atoms with van der Waals surface area (Å²) in [5, 5.41) is 16.9. The van der Waals surface area contributed by atoms with E-state index >= 15 is 0 Å². The van der Waals surface area contributed by atoms with Gasteiger partial charge in [0.2, 0.25) is 0 Å². The molecule has 0 bridgehead atoms. The van der Waals surface area contributed by atoms with Crippen molar-refractivity contribution in [2.75, 3.05) is 6.54 Å². The van der Waals surface area contributed by atoms with E-state index in [0.717, 1.165) is 42.9 Å². The fourth-order valence-electron chi connectivity index (χ4n) is 2.12. The second kappa shape index (κ2) is 7.09. The lowest BCUT2D eigenvalue weighted by Gasteiger charge is -2.27. The van der Waals surface area contributed by atoms with E-state index in [2.05, 4.69) is 29.5 Å². The van der Waals surface area contributed by atoms with Crippen LogP contribution in [0.2, 0.25) is 0 Å². The number of nitrogens with one attached hydrogen (secondary N) is 1. The third kappa shape index (κ3) is 5.15. The molecule has 1 rings (SSSR count). The fourth-order valence-corrected chi connectivity index (χ4v) is 2.86. The van der Waals surface area contributed by atoms with E-state index in [9.17, 15) is 5.11 Å². The zero-order valence-electron chi connectivity index (χ0n) is 11.1. The van der Waals surface area contributed by atoms with Crippen molar-refractivity contribution in [2.45, 2.75) is 58.6 Å². The van der Waals surface area contributed by atoms with E-state index in [1.54, 1.807) is 11.3 Å². The molecule has 2 N–H and O–H groups in total. The predicted octanol–water partition coefficient (Wildman–Crippen LogP) is 2.87. The van der Waals surface area contributed by atoms with Crippen LogP contribution in [-0.2, 0) is 6.54 Å². The van der Waals surface area contributed by atoms with Crippen LogP contribution in [0.5, 0.6) is 0 Å². The lowest BCUT2D eigenvalue weighted by atomic mass is 9.93. The number of hydrogen-bond donors (Lipinski definition) is 2. The van der Waals surface area contributed by atoms with Gasteiger partial charge in [0.05, 0.1) is 5.60 Å². The third-order valence-electron chi connectivity index (χ3n) is 2.83. The van der Waals surface area contributed by atoms with Crippen LogP contribution in [0.4, 0.5) is 0 Å². The summed E-state index contributed by atoms with van der Waals surface area (Å²) in [7, 11) is 0. The van der Waals surface area contributed by atoms with Crippen molar-refractivity contribution >= 4 is 11.3 Å². The molecule has 0 atom stereocenters. The average Bonchev–Trinajstić information content (AvgIpc) is 2.65. The molecular formula is C13H24N2OS. The van der Waals surface area contributed by atoms with Gasteiger partial charge < -0.3 is 10.4 Å². The van der Waals surface area contributed by atoms with Crippen molar-refractivity contribution in [3.63, 3.8) is 0 Å². The van der Waals surface area contributed by atoms with Crippen LogP contribution in [0, 0.1) is 6.92 Å². The number of nitrogens with zero attached hydrogens (tertiary/aromatic N) is 1. The Morgan fingerprint density at radius 2 is 2.00 bits per heavy atom. The van der Waals surface area contributed by atoms with Crippen LogP contribution in [0.3, 0.4) is 0 Å². The quantitative estimate of drug-likeness (QED) is 0.752. The van der Waals surface area contributed by atoms with Crippen LogP contribution in [0.1, 0.15) is 50.2 Å². The molecule has 98 valence electrons. The van der Waals surface area contributed by atoms with Crippen LogP contribution in [0.25, 0.3) is 0 Å². The maximum atomic E-state index is 10.4. The minimum atomic E-state index is -0.546. The molecule has 0 spiro atoms. The van der Waals surface area contributed by atoms with Gasteiger partial charge in [-0.3, -0.25) is 0 Å². The monoisotopic (exact) mass is 256 g/mol. The summed E-state index contributed by atoms with van der Waals surface area (Å²) in [5.41, 5.74) is 0.527. The predicted molar refractivity (Wildman–Crippen MR) is 73.3 cm³/mol. The Bertz CT molecular complexity index is 319. The highest BCUT2D eigenvalue weighted by Crippen LogP contribution is 2.18.